The van der Waals surface area contributed by atoms with Crippen LogP contribution in [-0.4, -0.2) is 28.1 Å². The van der Waals surface area contributed by atoms with Crippen LogP contribution in [0.4, 0.5) is 5.69 Å². The fraction of sp³-hybridized carbons (Fsp3) is 0.400. The summed E-state index contributed by atoms with van der Waals surface area (Å²) in [7, 11) is -7.10. The van der Waals surface area contributed by atoms with Gasteiger partial charge in [-0.25, -0.2) is 21.6 Å². The minimum atomic E-state index is -3.58. The van der Waals surface area contributed by atoms with Gasteiger partial charge in [-0.3, -0.25) is 4.72 Å². The van der Waals surface area contributed by atoms with E-state index in [2.05, 4.69) is 9.44 Å². The Morgan fingerprint density at radius 1 is 1.11 bits per heavy atom. The van der Waals surface area contributed by atoms with Gasteiger partial charge in [-0.15, -0.1) is 11.6 Å². The molecule has 0 heterocycles. The molecule has 0 unspecified atom stereocenters. The normalized spacial score (nSPS) is 16.3. The van der Waals surface area contributed by atoms with Crippen molar-refractivity contribution in [3.05, 3.63) is 24.3 Å². The van der Waals surface area contributed by atoms with E-state index >= 15 is 0 Å². The van der Waals surface area contributed by atoms with Crippen LogP contribution < -0.4 is 9.44 Å². The van der Waals surface area contributed by atoms with Gasteiger partial charge < -0.3 is 0 Å². The third kappa shape index (κ3) is 4.07. The van der Waals surface area contributed by atoms with Gasteiger partial charge in [0.05, 0.1) is 4.90 Å². The van der Waals surface area contributed by atoms with E-state index in [0.717, 1.165) is 12.8 Å². The molecule has 1 aromatic carbocycles. The van der Waals surface area contributed by atoms with E-state index in [1.54, 1.807) is 0 Å². The molecule has 9 heteroatoms. The summed E-state index contributed by atoms with van der Waals surface area (Å²) >= 11 is 5.25. The highest BCUT2D eigenvalue weighted by Crippen LogP contribution is 2.23. The number of hydrogen-bond donors (Lipinski definition) is 2. The van der Waals surface area contributed by atoms with E-state index < -0.39 is 25.3 Å². The van der Waals surface area contributed by atoms with Crippen LogP contribution in [0.1, 0.15) is 12.8 Å². The minimum Gasteiger partial charge on any atom is -0.283 e. The Kier molecular flexibility index (Phi) is 4.05. The van der Waals surface area contributed by atoms with Crippen LogP contribution in [0, 0.1) is 0 Å². The summed E-state index contributed by atoms with van der Waals surface area (Å²) in [5.74, 6) is 0. The van der Waals surface area contributed by atoms with Gasteiger partial charge in [0.15, 0.2) is 0 Å². The minimum absolute atomic E-state index is 0.0272. The maximum Gasteiger partial charge on any atom is 0.246 e. The molecule has 0 amide bonds. The number of benzene rings is 1. The van der Waals surface area contributed by atoms with Crippen molar-refractivity contribution in [3.8, 4) is 0 Å². The Labute approximate surface area is 117 Å². The molecular formula is C10H13ClN2O4S2. The van der Waals surface area contributed by atoms with E-state index in [1.165, 1.54) is 24.3 Å². The highest BCUT2D eigenvalue weighted by atomic mass is 35.5. The van der Waals surface area contributed by atoms with Gasteiger partial charge in [0, 0.05) is 11.7 Å². The average molecular weight is 325 g/mol. The van der Waals surface area contributed by atoms with Gasteiger partial charge in [0.1, 0.15) is 5.21 Å². The maximum absolute atomic E-state index is 11.9. The fourth-order valence-electron chi connectivity index (χ4n) is 1.40. The number of halogens is 1. The van der Waals surface area contributed by atoms with E-state index in [1.807, 2.05) is 0 Å². The lowest BCUT2D eigenvalue weighted by molar-refractivity contribution is 0.581. The molecule has 6 nitrogen and oxygen atoms in total. The first-order valence-electron chi connectivity index (χ1n) is 5.51. The summed E-state index contributed by atoms with van der Waals surface area (Å²) in [6.45, 7) is 0. The van der Waals surface area contributed by atoms with E-state index in [9.17, 15) is 16.8 Å². The summed E-state index contributed by atoms with van der Waals surface area (Å²) in [5, 5.41) is -0.559. The highest BCUT2D eigenvalue weighted by Gasteiger charge is 2.27. The number of anilines is 1. The number of sulfonamides is 2. The first-order valence-corrected chi connectivity index (χ1v) is 9.18. The quantitative estimate of drug-likeness (QED) is 0.765. The molecule has 0 saturated heterocycles. The summed E-state index contributed by atoms with van der Waals surface area (Å²) in [6.07, 6.45) is 1.71. The summed E-state index contributed by atoms with van der Waals surface area (Å²) < 4.78 is 51.0. The SMILES string of the molecule is O=S(=O)(CCl)Nc1ccc(S(=O)(=O)NC2CC2)cc1. The molecule has 1 saturated carbocycles. The number of hydrogen-bond acceptors (Lipinski definition) is 4. The van der Waals surface area contributed by atoms with Gasteiger partial charge in [-0.2, -0.15) is 0 Å². The molecule has 2 rings (SSSR count). The number of nitrogens with one attached hydrogen (secondary N) is 2. The molecule has 1 aromatic rings. The van der Waals surface area contributed by atoms with Crippen LogP contribution in [0.2, 0.25) is 0 Å². The summed E-state index contributed by atoms with van der Waals surface area (Å²) in [5.41, 5.74) is 0.269. The van der Waals surface area contributed by atoms with Crippen molar-refractivity contribution in [3.63, 3.8) is 0 Å². The van der Waals surface area contributed by atoms with Gasteiger partial charge in [-0.1, -0.05) is 0 Å². The van der Waals surface area contributed by atoms with Gasteiger partial charge in [0.2, 0.25) is 20.0 Å². The Bertz CT molecular complexity index is 651. The van der Waals surface area contributed by atoms with Crippen molar-refractivity contribution < 1.29 is 16.8 Å². The smallest absolute Gasteiger partial charge is 0.246 e. The van der Waals surface area contributed by atoms with Gasteiger partial charge >= 0.3 is 0 Å². The zero-order valence-electron chi connectivity index (χ0n) is 9.84. The van der Waals surface area contributed by atoms with Gasteiger partial charge in [0.25, 0.3) is 0 Å². The van der Waals surface area contributed by atoms with Crippen LogP contribution in [0.5, 0.6) is 0 Å². The van der Waals surface area contributed by atoms with E-state index in [0.29, 0.717) is 0 Å². The molecule has 0 aromatic heterocycles. The molecule has 1 aliphatic carbocycles. The number of rotatable bonds is 6. The molecule has 106 valence electrons. The van der Waals surface area contributed by atoms with E-state index in [-0.39, 0.29) is 16.6 Å². The second kappa shape index (κ2) is 5.28. The highest BCUT2D eigenvalue weighted by molar-refractivity contribution is 7.93. The Hall–Kier alpha value is -0.830. The lowest BCUT2D eigenvalue weighted by Crippen LogP contribution is -2.25. The van der Waals surface area contributed by atoms with Crippen LogP contribution >= 0.6 is 11.6 Å². The average Bonchev–Trinajstić information content (AvgIpc) is 3.12. The molecule has 0 aliphatic heterocycles. The van der Waals surface area contributed by atoms with Crippen LogP contribution in [-0.2, 0) is 20.0 Å². The van der Waals surface area contributed by atoms with E-state index in [4.69, 9.17) is 11.6 Å². The predicted molar refractivity (Wildman–Crippen MR) is 73.0 cm³/mol. The largest absolute Gasteiger partial charge is 0.283 e. The second-order valence-corrected chi connectivity index (χ2v) is 8.27. The standard InChI is InChI=1S/C10H13ClN2O4S2/c11-7-18(14,15)12-8-3-5-10(6-4-8)19(16,17)13-9-1-2-9/h3-6,9,12-13H,1-2,7H2. The molecule has 0 spiro atoms. The monoisotopic (exact) mass is 324 g/mol. The first-order chi connectivity index (χ1) is 8.82. The third-order valence-electron chi connectivity index (χ3n) is 2.48. The summed E-state index contributed by atoms with van der Waals surface area (Å²) in [6, 6.07) is 5.48. The lowest BCUT2D eigenvalue weighted by Gasteiger charge is -2.08. The summed E-state index contributed by atoms with van der Waals surface area (Å²) in [4.78, 5) is 0.105. The lowest BCUT2D eigenvalue weighted by atomic mass is 10.3. The van der Waals surface area contributed by atoms with Gasteiger partial charge in [-0.05, 0) is 37.1 Å². The zero-order chi connectivity index (χ0) is 14.1. The second-order valence-electron chi connectivity index (χ2n) is 4.25. The van der Waals surface area contributed by atoms with Crippen LogP contribution in [0.15, 0.2) is 29.2 Å². The Morgan fingerprint density at radius 2 is 1.68 bits per heavy atom. The van der Waals surface area contributed by atoms with Crippen molar-refractivity contribution in [2.24, 2.45) is 0 Å². The number of alkyl halides is 1. The molecule has 19 heavy (non-hydrogen) atoms. The predicted octanol–water partition coefficient (Wildman–Crippen LogP) is 1.07. The van der Waals surface area contributed by atoms with Crippen LogP contribution in [0.3, 0.4) is 0 Å². The van der Waals surface area contributed by atoms with Crippen LogP contribution in [0.25, 0.3) is 0 Å². The molecule has 2 N–H and O–H groups in total. The molecule has 0 bridgehead atoms. The fourth-order valence-corrected chi connectivity index (χ4v) is 3.42. The third-order valence-corrected chi connectivity index (χ3v) is 5.71. The molecule has 1 aliphatic rings. The maximum atomic E-state index is 11.9. The van der Waals surface area contributed by atoms with Crippen molar-refractivity contribution in [2.45, 2.75) is 23.8 Å². The molecule has 1 fully saturated rings. The topological polar surface area (TPSA) is 92.3 Å². The molecule has 0 radical (unpaired) electrons. The Morgan fingerprint density at radius 3 is 2.16 bits per heavy atom. The molecular weight excluding hydrogens is 312 g/mol. The van der Waals surface area contributed by atoms with Crippen molar-refractivity contribution >= 4 is 37.3 Å². The first kappa shape index (κ1) is 14.6. The molecule has 0 atom stereocenters. The van der Waals surface area contributed by atoms with Crippen molar-refractivity contribution in [2.75, 3.05) is 9.93 Å². The zero-order valence-corrected chi connectivity index (χ0v) is 12.2. The van der Waals surface area contributed by atoms with Crippen molar-refractivity contribution in [1.82, 2.24) is 4.72 Å². The van der Waals surface area contributed by atoms with Crippen molar-refractivity contribution in [1.29, 1.82) is 0 Å². The Balaban J connectivity index is 2.14.